The number of alkyl carbamates (subject to hydrolysis) is 1. The molecule has 0 spiro atoms. The maximum Gasteiger partial charge on any atom is 0.407 e. The van der Waals surface area contributed by atoms with Gasteiger partial charge in [0.2, 0.25) is 20.0 Å². The van der Waals surface area contributed by atoms with Crippen LogP contribution in [0.25, 0.3) is 11.1 Å². The third kappa shape index (κ3) is 15.6. The van der Waals surface area contributed by atoms with Gasteiger partial charge >= 0.3 is 6.09 Å². The summed E-state index contributed by atoms with van der Waals surface area (Å²) in [6.45, 7) is 2.51. The minimum Gasteiger partial charge on any atom is -0.449 e. The van der Waals surface area contributed by atoms with Crippen molar-refractivity contribution in [1.82, 2.24) is 15.1 Å². The molecule has 2 atom stereocenters. The predicted octanol–water partition coefficient (Wildman–Crippen LogP) is 10.5. The van der Waals surface area contributed by atoms with Crippen LogP contribution in [-0.4, -0.2) is 102 Å². The van der Waals surface area contributed by atoms with Crippen LogP contribution in [0.15, 0.2) is 146 Å². The molecule has 3 amide bonds. The smallest absolute Gasteiger partial charge is 0.407 e. The van der Waals surface area contributed by atoms with E-state index in [-0.39, 0.29) is 49.8 Å². The van der Waals surface area contributed by atoms with Crippen molar-refractivity contribution in [3.8, 4) is 11.1 Å². The van der Waals surface area contributed by atoms with Crippen LogP contribution in [0.3, 0.4) is 0 Å². The fourth-order valence-electron chi connectivity index (χ4n) is 10.4. The first-order valence-electron chi connectivity index (χ1n) is 25.0. The topological polar surface area (TPSA) is 197 Å². The van der Waals surface area contributed by atoms with E-state index in [0.717, 1.165) is 54.0 Å². The second-order valence-corrected chi connectivity index (χ2v) is 23.9. The van der Waals surface area contributed by atoms with Gasteiger partial charge in [0.1, 0.15) is 6.61 Å². The molecule has 402 valence electrons. The monoisotopic (exact) mass is 1110 g/mol. The zero-order chi connectivity index (χ0) is 53.3. The number of nitrogens with zero attached hydrogens (tertiary/aromatic N) is 2. The molecule has 76 heavy (non-hydrogen) atoms. The molecule has 2 saturated heterocycles. The Bertz CT molecular complexity index is 3190. The number of piperidine rings is 2. The summed E-state index contributed by atoms with van der Waals surface area (Å²) in [6.07, 6.45) is 6.07. The van der Waals surface area contributed by atoms with Crippen molar-refractivity contribution < 1.29 is 36.0 Å². The number of halogens is 2. The molecule has 1 aliphatic carbocycles. The van der Waals surface area contributed by atoms with Crippen molar-refractivity contribution in [2.75, 3.05) is 54.7 Å². The molecule has 0 aromatic heterocycles. The molecule has 0 radical (unpaired) electrons. The van der Waals surface area contributed by atoms with E-state index < -0.39 is 26.1 Å². The Kier molecular flexibility index (Phi) is 19.3. The normalized spacial score (nSPS) is 15.6. The van der Waals surface area contributed by atoms with Crippen LogP contribution in [-0.2, 0) is 37.6 Å². The Hall–Kier alpha value is -6.43. The maximum absolute atomic E-state index is 13.3. The van der Waals surface area contributed by atoms with Crippen LogP contribution in [0, 0.1) is 11.8 Å². The Balaban J connectivity index is 0.000000242. The van der Waals surface area contributed by atoms with Gasteiger partial charge in [0.25, 0.3) is 11.8 Å². The lowest BCUT2D eigenvalue weighted by Crippen LogP contribution is -2.48. The van der Waals surface area contributed by atoms with Crippen LogP contribution in [0.2, 0.25) is 10.0 Å². The summed E-state index contributed by atoms with van der Waals surface area (Å²) in [5.74, 6) is 0.151. The number of carbonyl (C=O) groups is 3. The summed E-state index contributed by atoms with van der Waals surface area (Å²) in [5.41, 5.74) is 14.8. The minimum absolute atomic E-state index is 0. The van der Waals surface area contributed by atoms with Crippen molar-refractivity contribution in [2.24, 2.45) is 17.6 Å². The number of carbonyl (C=O) groups excluding carboxylic acids is 3. The number of sulfonamides is 2. The molecule has 2 aliphatic heterocycles. The first kappa shape index (κ1) is 57.3. The summed E-state index contributed by atoms with van der Waals surface area (Å²) in [5, 5.41) is 4.50. The highest BCUT2D eigenvalue weighted by atomic mass is 35.5. The number of nitrogens with two attached hydrogens (primary N) is 1. The lowest BCUT2D eigenvalue weighted by Gasteiger charge is -2.36. The fraction of sp³-hybridized carbons (Fsp3) is 0.328. The number of hydrogen-bond donors (Lipinski definition) is 4. The van der Waals surface area contributed by atoms with Gasteiger partial charge < -0.3 is 25.6 Å². The molecule has 3 aliphatic rings. The molecule has 9 rings (SSSR count). The van der Waals surface area contributed by atoms with Crippen LogP contribution >= 0.6 is 23.2 Å². The van der Waals surface area contributed by atoms with Gasteiger partial charge in [0, 0.05) is 76.7 Å². The molecular formula is C58H66Cl2N6O8S2. The first-order valence-corrected chi connectivity index (χ1v) is 29.5. The number of anilines is 2. The van der Waals surface area contributed by atoms with E-state index in [9.17, 15) is 31.2 Å². The molecule has 14 nitrogen and oxygen atoms in total. The Morgan fingerprint density at radius 3 is 1.49 bits per heavy atom. The largest absolute Gasteiger partial charge is 0.449 e. The lowest BCUT2D eigenvalue weighted by molar-refractivity contribution is 0.0661. The SMILES string of the molecule is C.CS(=O)(=O)Nc1cccc(C(=O)N2CCC(C(Cc3cccc(Cl)c3)NC(=O)OCC3c4ccccc4-c4ccccc43)CC2)c1.CS(=O)(=O)Nc1cccc(C(=O)N2CCC(C(N)Cc3cccc(Cl)c3)CC2)c1. The van der Waals surface area contributed by atoms with Crippen molar-refractivity contribution in [3.05, 3.63) is 189 Å². The highest BCUT2D eigenvalue weighted by molar-refractivity contribution is 7.92. The van der Waals surface area contributed by atoms with E-state index in [1.54, 1.807) is 53.4 Å². The zero-order valence-corrected chi connectivity index (χ0v) is 45.0. The lowest BCUT2D eigenvalue weighted by atomic mass is 9.85. The molecular weight excluding hydrogens is 1040 g/mol. The third-order valence-electron chi connectivity index (χ3n) is 14.0. The van der Waals surface area contributed by atoms with E-state index in [4.69, 9.17) is 33.7 Å². The van der Waals surface area contributed by atoms with Crippen LogP contribution < -0.4 is 20.5 Å². The van der Waals surface area contributed by atoms with E-state index >= 15 is 0 Å². The van der Waals surface area contributed by atoms with Gasteiger partial charge in [-0.3, -0.25) is 19.0 Å². The van der Waals surface area contributed by atoms with E-state index in [0.29, 0.717) is 83.9 Å². The Morgan fingerprint density at radius 2 is 1.03 bits per heavy atom. The maximum atomic E-state index is 13.3. The molecule has 6 aromatic rings. The standard InChI is InChI=1S/C36H36ClN3O5S.C21H26ClN3O3S.CH4/c1-46(43,44)39-28-11-7-9-26(22-28)35(41)40-18-16-25(17-19-40)34(21-24-8-6-10-27(37)20-24)38-36(42)45-23-33-31-14-4-2-12-29(31)30-13-3-5-15-32(30)33;1-29(27,28)24-19-7-3-5-17(14-19)21(26)25-10-8-16(9-11-25)20(23)13-15-4-2-6-18(22)12-15;/h2-15,20,22,25,33-34,39H,16-19,21,23H2,1H3,(H,38,42);2-7,12,14,16,20,24H,8-11,13,23H2,1H3;1H4. The van der Waals surface area contributed by atoms with Crippen LogP contribution in [0.1, 0.15) is 82.0 Å². The summed E-state index contributed by atoms with van der Waals surface area (Å²) in [7, 11) is -6.85. The van der Waals surface area contributed by atoms with Gasteiger partial charge in [-0.25, -0.2) is 21.6 Å². The molecule has 2 fully saturated rings. The summed E-state index contributed by atoms with van der Waals surface area (Å²) in [6, 6.07) is 44.7. The molecule has 2 heterocycles. The average molecular weight is 1110 g/mol. The summed E-state index contributed by atoms with van der Waals surface area (Å²) >= 11 is 12.3. The van der Waals surface area contributed by atoms with Gasteiger partial charge in [-0.05, 0) is 144 Å². The van der Waals surface area contributed by atoms with E-state index in [1.165, 1.54) is 11.1 Å². The average Bonchev–Trinajstić information content (AvgIpc) is 3.70. The number of amides is 3. The predicted molar refractivity (Wildman–Crippen MR) is 304 cm³/mol. The number of nitrogens with one attached hydrogen (secondary N) is 3. The van der Waals surface area contributed by atoms with Gasteiger partial charge in [-0.15, -0.1) is 0 Å². The Labute approximate surface area is 457 Å². The molecule has 0 saturated carbocycles. The van der Waals surface area contributed by atoms with Crippen molar-refractivity contribution in [2.45, 2.75) is 64.0 Å². The second kappa shape index (κ2) is 25.6. The van der Waals surface area contributed by atoms with Gasteiger partial charge in [-0.1, -0.05) is 116 Å². The molecule has 0 bridgehead atoms. The molecule has 6 aromatic carbocycles. The van der Waals surface area contributed by atoms with Gasteiger partial charge in [-0.2, -0.15) is 0 Å². The Morgan fingerprint density at radius 1 is 0.592 bits per heavy atom. The third-order valence-corrected chi connectivity index (χ3v) is 15.7. The highest BCUT2D eigenvalue weighted by Gasteiger charge is 2.33. The van der Waals surface area contributed by atoms with Gasteiger partial charge in [0.15, 0.2) is 0 Å². The number of likely N-dealkylation sites (tertiary alicyclic amines) is 2. The number of fused-ring (bicyclic) bond motifs is 3. The second-order valence-electron chi connectivity index (χ2n) is 19.6. The number of benzene rings is 6. The summed E-state index contributed by atoms with van der Waals surface area (Å²) < 4.78 is 56.9. The van der Waals surface area contributed by atoms with Crippen molar-refractivity contribution in [3.63, 3.8) is 0 Å². The molecule has 5 N–H and O–H groups in total. The molecule has 18 heteroatoms. The summed E-state index contributed by atoms with van der Waals surface area (Å²) in [4.78, 5) is 43.1. The van der Waals surface area contributed by atoms with E-state index in [2.05, 4.69) is 39.0 Å². The zero-order valence-electron chi connectivity index (χ0n) is 41.8. The van der Waals surface area contributed by atoms with Crippen LogP contribution in [0.5, 0.6) is 0 Å². The number of rotatable bonds is 15. The highest BCUT2D eigenvalue weighted by Crippen LogP contribution is 2.44. The number of ether oxygens (including phenoxy) is 1. The fourth-order valence-corrected chi connectivity index (χ4v) is 11.9. The molecule has 2 unspecified atom stereocenters. The quantitative estimate of drug-likeness (QED) is 0.0773. The minimum atomic E-state index is -3.46. The van der Waals surface area contributed by atoms with Crippen molar-refractivity contribution >= 4 is 72.5 Å². The number of hydrogen-bond acceptors (Lipinski definition) is 9. The first-order chi connectivity index (χ1) is 35.9. The van der Waals surface area contributed by atoms with Crippen molar-refractivity contribution in [1.29, 1.82) is 0 Å². The van der Waals surface area contributed by atoms with Gasteiger partial charge in [0.05, 0.1) is 12.5 Å². The van der Waals surface area contributed by atoms with E-state index in [1.807, 2.05) is 77.7 Å². The van der Waals surface area contributed by atoms with Crippen LogP contribution in [0.4, 0.5) is 16.2 Å².